The second-order valence-corrected chi connectivity index (χ2v) is 4.67. The minimum Gasteiger partial charge on any atom is -0.461 e. The van der Waals surface area contributed by atoms with Crippen LogP contribution in [0.15, 0.2) is 30.7 Å². The molecular weight excluding hydrogens is 287 g/mol. The van der Waals surface area contributed by atoms with Gasteiger partial charge in [-0.2, -0.15) is 0 Å². The molecule has 4 nitrogen and oxygen atoms in total. The van der Waals surface area contributed by atoms with Crippen LogP contribution in [0.1, 0.15) is 23.0 Å². The smallest absolute Gasteiger partial charge is 0.358 e. The van der Waals surface area contributed by atoms with Gasteiger partial charge in [-0.15, -0.1) is 0 Å². The van der Waals surface area contributed by atoms with Gasteiger partial charge in [0.05, 0.1) is 19.5 Å². The summed E-state index contributed by atoms with van der Waals surface area (Å²) in [5.74, 6) is -0.438. The number of aromatic nitrogens is 2. The number of benzene rings is 1. The monoisotopic (exact) mass is 298 g/mol. The maximum Gasteiger partial charge on any atom is 0.358 e. The number of rotatable bonds is 4. The molecule has 1 aromatic carbocycles. The molecular formula is C13H12Cl2N2O2. The molecule has 0 spiro atoms. The molecule has 2 aromatic rings. The van der Waals surface area contributed by atoms with Crippen molar-refractivity contribution in [3.05, 3.63) is 52.0 Å². The number of esters is 1. The molecule has 6 heteroatoms. The van der Waals surface area contributed by atoms with Crippen LogP contribution in [0.25, 0.3) is 0 Å². The Hall–Kier alpha value is -1.52. The Kier molecular flexibility index (Phi) is 4.45. The Morgan fingerprint density at radius 2 is 2.05 bits per heavy atom. The van der Waals surface area contributed by atoms with Crippen LogP contribution >= 0.6 is 23.2 Å². The van der Waals surface area contributed by atoms with Crippen LogP contribution in [-0.2, 0) is 11.3 Å². The molecule has 0 aliphatic heterocycles. The van der Waals surface area contributed by atoms with Crippen molar-refractivity contribution in [2.75, 3.05) is 6.61 Å². The van der Waals surface area contributed by atoms with Gasteiger partial charge in [-0.1, -0.05) is 29.3 Å². The third-order valence-electron chi connectivity index (χ3n) is 2.52. The normalized spacial score (nSPS) is 10.5. The summed E-state index contributed by atoms with van der Waals surface area (Å²) in [6.45, 7) is 2.52. The van der Waals surface area contributed by atoms with Crippen molar-refractivity contribution in [3.8, 4) is 0 Å². The van der Waals surface area contributed by atoms with E-state index in [0.29, 0.717) is 23.2 Å². The van der Waals surface area contributed by atoms with Crippen molar-refractivity contribution in [3.63, 3.8) is 0 Å². The molecule has 0 aliphatic carbocycles. The van der Waals surface area contributed by atoms with E-state index in [1.807, 2.05) is 0 Å². The minimum atomic E-state index is -0.438. The fourth-order valence-corrected chi connectivity index (χ4v) is 2.14. The topological polar surface area (TPSA) is 44.1 Å². The molecule has 0 fully saturated rings. The second-order valence-electron chi connectivity index (χ2n) is 3.85. The van der Waals surface area contributed by atoms with Crippen LogP contribution in [0.5, 0.6) is 0 Å². The van der Waals surface area contributed by atoms with Crippen molar-refractivity contribution in [2.24, 2.45) is 0 Å². The van der Waals surface area contributed by atoms with Crippen LogP contribution in [0.3, 0.4) is 0 Å². The van der Waals surface area contributed by atoms with Crippen molar-refractivity contribution < 1.29 is 9.53 Å². The maximum atomic E-state index is 11.5. The van der Waals surface area contributed by atoms with Crippen molar-refractivity contribution in [2.45, 2.75) is 13.5 Å². The Labute approximate surface area is 120 Å². The lowest BCUT2D eigenvalue weighted by Gasteiger charge is -2.07. The third-order valence-corrected chi connectivity index (χ3v) is 3.23. The Balaban J connectivity index is 2.18. The third kappa shape index (κ3) is 3.28. The van der Waals surface area contributed by atoms with E-state index >= 15 is 0 Å². The molecule has 2 rings (SSSR count). The van der Waals surface area contributed by atoms with E-state index in [9.17, 15) is 4.79 Å². The molecule has 0 radical (unpaired) electrons. The second kappa shape index (κ2) is 6.08. The largest absolute Gasteiger partial charge is 0.461 e. The van der Waals surface area contributed by atoms with Gasteiger partial charge in [0.1, 0.15) is 0 Å². The number of carbonyl (C=O) groups is 1. The number of carbonyl (C=O) groups excluding carboxylic acids is 1. The molecule has 19 heavy (non-hydrogen) atoms. The fraction of sp³-hybridized carbons (Fsp3) is 0.231. The lowest BCUT2D eigenvalue weighted by Crippen LogP contribution is -2.05. The highest BCUT2D eigenvalue weighted by molar-refractivity contribution is 6.35. The molecule has 0 amide bonds. The van der Waals surface area contributed by atoms with Crippen molar-refractivity contribution in [1.29, 1.82) is 0 Å². The van der Waals surface area contributed by atoms with Gasteiger partial charge in [0, 0.05) is 21.8 Å². The molecule has 0 aliphatic rings. The quantitative estimate of drug-likeness (QED) is 0.813. The van der Waals surface area contributed by atoms with Gasteiger partial charge >= 0.3 is 5.97 Å². The van der Waals surface area contributed by atoms with E-state index in [1.54, 1.807) is 42.2 Å². The first-order chi connectivity index (χ1) is 9.11. The average Bonchev–Trinajstić information content (AvgIpc) is 2.83. The highest BCUT2D eigenvalue weighted by Crippen LogP contribution is 2.25. The molecule has 0 N–H and O–H groups in total. The molecule has 0 atom stereocenters. The van der Waals surface area contributed by atoms with Crippen molar-refractivity contribution in [1.82, 2.24) is 9.55 Å². The van der Waals surface area contributed by atoms with E-state index < -0.39 is 5.97 Å². The summed E-state index contributed by atoms with van der Waals surface area (Å²) in [6.07, 6.45) is 3.16. The zero-order chi connectivity index (χ0) is 13.8. The van der Waals surface area contributed by atoms with E-state index in [-0.39, 0.29) is 5.69 Å². The fourth-order valence-electron chi connectivity index (χ4n) is 1.62. The summed E-state index contributed by atoms with van der Waals surface area (Å²) < 4.78 is 6.61. The Morgan fingerprint density at radius 1 is 1.37 bits per heavy atom. The van der Waals surface area contributed by atoms with Crippen LogP contribution in [0.4, 0.5) is 0 Å². The first-order valence-electron chi connectivity index (χ1n) is 5.73. The molecule has 0 bridgehead atoms. The predicted octanol–water partition coefficient (Wildman–Crippen LogP) is 3.41. The minimum absolute atomic E-state index is 0.269. The predicted molar refractivity (Wildman–Crippen MR) is 73.7 cm³/mol. The molecule has 0 unspecified atom stereocenters. The van der Waals surface area contributed by atoms with E-state index in [0.717, 1.165) is 5.56 Å². The number of hydrogen-bond acceptors (Lipinski definition) is 3. The number of hydrogen-bond donors (Lipinski definition) is 0. The Morgan fingerprint density at radius 3 is 2.68 bits per heavy atom. The average molecular weight is 299 g/mol. The summed E-state index contributed by atoms with van der Waals surface area (Å²) in [7, 11) is 0. The number of nitrogens with zero attached hydrogens (tertiary/aromatic N) is 2. The SMILES string of the molecule is CCOC(=O)c1cn(Cc2c(Cl)cccc2Cl)cn1. The van der Waals surface area contributed by atoms with Gasteiger partial charge in [-0.05, 0) is 19.1 Å². The van der Waals surface area contributed by atoms with Gasteiger partial charge in [-0.25, -0.2) is 9.78 Å². The number of imidazole rings is 1. The summed E-state index contributed by atoms with van der Waals surface area (Å²) in [5, 5.41) is 1.16. The van der Waals surface area contributed by atoms with Gasteiger partial charge in [0.25, 0.3) is 0 Å². The molecule has 1 aromatic heterocycles. The number of halogens is 2. The summed E-state index contributed by atoms with van der Waals surface area (Å²) >= 11 is 12.2. The van der Waals surface area contributed by atoms with E-state index in [4.69, 9.17) is 27.9 Å². The maximum absolute atomic E-state index is 11.5. The summed E-state index contributed by atoms with van der Waals surface area (Å²) in [5.41, 5.74) is 1.06. The van der Waals surface area contributed by atoms with Crippen LogP contribution in [0, 0.1) is 0 Å². The van der Waals surface area contributed by atoms with Gasteiger partial charge in [-0.3, -0.25) is 0 Å². The Bertz CT molecular complexity index is 576. The summed E-state index contributed by atoms with van der Waals surface area (Å²) in [4.78, 5) is 15.5. The lowest BCUT2D eigenvalue weighted by atomic mass is 10.2. The van der Waals surface area contributed by atoms with E-state index in [1.165, 1.54) is 0 Å². The summed E-state index contributed by atoms with van der Waals surface area (Å²) in [6, 6.07) is 5.32. The highest BCUT2D eigenvalue weighted by atomic mass is 35.5. The van der Waals surface area contributed by atoms with Gasteiger partial charge in [0.15, 0.2) is 5.69 Å². The zero-order valence-electron chi connectivity index (χ0n) is 10.3. The van der Waals surface area contributed by atoms with Gasteiger partial charge in [0.2, 0.25) is 0 Å². The first kappa shape index (κ1) is 13.9. The standard InChI is InChI=1S/C13H12Cl2N2O2/c1-2-19-13(18)12-7-17(8-16-12)6-9-10(14)4-3-5-11(9)15/h3-5,7-8H,2,6H2,1H3. The van der Waals surface area contributed by atoms with Crippen LogP contribution < -0.4 is 0 Å². The van der Waals surface area contributed by atoms with Crippen molar-refractivity contribution >= 4 is 29.2 Å². The lowest BCUT2D eigenvalue weighted by molar-refractivity contribution is 0.0520. The molecule has 0 saturated carbocycles. The van der Waals surface area contributed by atoms with E-state index in [2.05, 4.69) is 4.98 Å². The molecule has 100 valence electrons. The first-order valence-corrected chi connectivity index (χ1v) is 6.49. The molecule has 0 saturated heterocycles. The highest BCUT2D eigenvalue weighted by Gasteiger charge is 2.11. The van der Waals surface area contributed by atoms with Gasteiger partial charge < -0.3 is 9.30 Å². The zero-order valence-corrected chi connectivity index (χ0v) is 11.8. The van der Waals surface area contributed by atoms with Crippen LogP contribution in [0.2, 0.25) is 10.0 Å². The number of ether oxygens (including phenoxy) is 1. The van der Waals surface area contributed by atoms with Crippen LogP contribution in [-0.4, -0.2) is 22.1 Å². The molecule has 1 heterocycles.